The van der Waals surface area contributed by atoms with Crippen molar-refractivity contribution in [3.63, 3.8) is 0 Å². The molecule has 2 aromatic carbocycles. The average molecular weight is 298 g/mol. The van der Waals surface area contributed by atoms with Gasteiger partial charge in [0, 0.05) is 10.8 Å². The Bertz CT molecular complexity index is 727. The summed E-state index contributed by atoms with van der Waals surface area (Å²) in [6.07, 6.45) is 0. The van der Waals surface area contributed by atoms with Crippen LogP contribution in [-0.2, 0) is 5.41 Å². The van der Waals surface area contributed by atoms with E-state index in [-0.39, 0.29) is 5.41 Å². The monoisotopic (exact) mass is 298 g/mol. The molecule has 0 aliphatic rings. The highest BCUT2D eigenvalue weighted by atomic mass is 16.3. The van der Waals surface area contributed by atoms with E-state index < -0.39 is 0 Å². The SMILES string of the molecule is CC.CC.Cc1cc2oc3ccccc3c2cc1C(C)(C)C. The molecule has 1 heteroatoms. The molecule has 0 saturated carbocycles. The summed E-state index contributed by atoms with van der Waals surface area (Å²) in [7, 11) is 0. The van der Waals surface area contributed by atoms with Crippen molar-refractivity contribution in [1.29, 1.82) is 0 Å². The first-order valence-electron chi connectivity index (χ1n) is 8.39. The number of hydrogen-bond acceptors (Lipinski definition) is 1. The van der Waals surface area contributed by atoms with Gasteiger partial charge in [0.2, 0.25) is 0 Å². The Morgan fingerprint density at radius 1 is 0.773 bits per heavy atom. The normalized spacial score (nSPS) is 10.7. The molecule has 0 amide bonds. The van der Waals surface area contributed by atoms with Crippen LogP contribution >= 0.6 is 0 Å². The molecule has 0 spiro atoms. The number of rotatable bonds is 0. The van der Waals surface area contributed by atoms with Gasteiger partial charge in [0.1, 0.15) is 11.2 Å². The van der Waals surface area contributed by atoms with E-state index in [1.54, 1.807) is 0 Å². The first kappa shape index (κ1) is 18.3. The summed E-state index contributed by atoms with van der Waals surface area (Å²) in [5.74, 6) is 0. The summed E-state index contributed by atoms with van der Waals surface area (Å²) in [6, 6.07) is 12.7. The molecule has 0 aliphatic heterocycles. The fourth-order valence-electron chi connectivity index (χ4n) is 2.68. The molecule has 1 nitrogen and oxygen atoms in total. The van der Waals surface area contributed by atoms with Gasteiger partial charge in [0.15, 0.2) is 0 Å². The zero-order valence-electron chi connectivity index (χ0n) is 15.4. The first-order chi connectivity index (χ1) is 10.5. The number of aryl methyl sites for hydroxylation is 1. The highest BCUT2D eigenvalue weighted by molar-refractivity contribution is 6.05. The van der Waals surface area contributed by atoms with Crippen LogP contribution in [-0.4, -0.2) is 0 Å². The van der Waals surface area contributed by atoms with Crippen LogP contribution < -0.4 is 0 Å². The van der Waals surface area contributed by atoms with E-state index in [1.165, 1.54) is 21.9 Å². The van der Waals surface area contributed by atoms with Gasteiger partial charge in [-0.15, -0.1) is 0 Å². The molecule has 0 aliphatic carbocycles. The van der Waals surface area contributed by atoms with E-state index in [1.807, 2.05) is 39.8 Å². The summed E-state index contributed by atoms with van der Waals surface area (Å²) in [6.45, 7) is 16.9. The molecule has 0 N–H and O–H groups in total. The Hall–Kier alpha value is -1.76. The molecule has 0 radical (unpaired) electrons. The summed E-state index contributed by atoms with van der Waals surface area (Å²) in [4.78, 5) is 0. The summed E-state index contributed by atoms with van der Waals surface area (Å²) in [5, 5.41) is 2.43. The van der Waals surface area contributed by atoms with Crippen molar-refractivity contribution in [2.75, 3.05) is 0 Å². The van der Waals surface area contributed by atoms with Crippen molar-refractivity contribution in [2.45, 2.75) is 60.8 Å². The lowest BCUT2D eigenvalue weighted by molar-refractivity contribution is 0.586. The van der Waals surface area contributed by atoms with Crippen LogP contribution in [0.1, 0.15) is 59.6 Å². The molecule has 3 rings (SSSR count). The molecule has 0 saturated heterocycles. The van der Waals surface area contributed by atoms with E-state index in [4.69, 9.17) is 4.42 Å². The molecule has 0 fully saturated rings. The van der Waals surface area contributed by atoms with Crippen molar-refractivity contribution in [3.05, 3.63) is 47.5 Å². The lowest BCUT2D eigenvalue weighted by Gasteiger charge is -2.21. The second-order valence-electron chi connectivity index (χ2n) is 6.01. The van der Waals surface area contributed by atoms with Gasteiger partial charge in [-0.3, -0.25) is 0 Å². The van der Waals surface area contributed by atoms with Gasteiger partial charge in [-0.25, -0.2) is 0 Å². The van der Waals surface area contributed by atoms with Crippen molar-refractivity contribution >= 4 is 21.9 Å². The van der Waals surface area contributed by atoms with E-state index in [0.717, 1.165) is 11.2 Å². The van der Waals surface area contributed by atoms with Crippen LogP contribution in [0.15, 0.2) is 40.8 Å². The first-order valence-corrected chi connectivity index (χ1v) is 8.39. The van der Waals surface area contributed by atoms with Gasteiger partial charge in [-0.2, -0.15) is 0 Å². The van der Waals surface area contributed by atoms with Crippen LogP contribution in [0.25, 0.3) is 21.9 Å². The molecular weight excluding hydrogens is 268 g/mol. The molecule has 1 heterocycles. The minimum absolute atomic E-state index is 0.163. The third-order valence-corrected chi connectivity index (χ3v) is 3.53. The molecule has 0 atom stereocenters. The van der Waals surface area contributed by atoms with Gasteiger partial charge in [-0.1, -0.05) is 66.7 Å². The minimum atomic E-state index is 0.163. The second kappa shape index (κ2) is 7.49. The van der Waals surface area contributed by atoms with Crippen LogP contribution in [0.2, 0.25) is 0 Å². The van der Waals surface area contributed by atoms with Crippen LogP contribution in [0.3, 0.4) is 0 Å². The van der Waals surface area contributed by atoms with E-state index in [9.17, 15) is 0 Å². The van der Waals surface area contributed by atoms with Crippen LogP contribution in [0.4, 0.5) is 0 Å². The number of furan rings is 1. The van der Waals surface area contributed by atoms with Gasteiger partial charge >= 0.3 is 0 Å². The molecule has 1 aromatic heterocycles. The topological polar surface area (TPSA) is 13.1 Å². The molecule has 120 valence electrons. The molecule has 0 unspecified atom stereocenters. The Labute approximate surface area is 135 Å². The van der Waals surface area contributed by atoms with Gasteiger partial charge in [-0.05, 0) is 41.7 Å². The molecule has 3 aromatic rings. The molecular formula is C21H30O. The van der Waals surface area contributed by atoms with Crippen LogP contribution in [0, 0.1) is 6.92 Å². The number of benzene rings is 2. The number of fused-ring (bicyclic) bond motifs is 3. The lowest BCUT2D eigenvalue weighted by atomic mass is 9.83. The predicted octanol–water partition coefficient (Wildman–Crippen LogP) is 7.24. The van der Waals surface area contributed by atoms with E-state index in [2.05, 4.69) is 52.0 Å². The Morgan fingerprint density at radius 3 is 1.95 bits per heavy atom. The Kier molecular flexibility index (Phi) is 6.22. The lowest BCUT2D eigenvalue weighted by Crippen LogP contribution is -2.12. The average Bonchev–Trinajstić information content (AvgIpc) is 2.86. The van der Waals surface area contributed by atoms with Gasteiger partial charge in [0.25, 0.3) is 0 Å². The maximum atomic E-state index is 5.90. The zero-order valence-corrected chi connectivity index (χ0v) is 15.4. The highest BCUT2D eigenvalue weighted by Crippen LogP contribution is 2.34. The Morgan fingerprint density at radius 2 is 1.36 bits per heavy atom. The summed E-state index contributed by atoms with van der Waals surface area (Å²) >= 11 is 0. The number of para-hydroxylation sites is 1. The fourth-order valence-corrected chi connectivity index (χ4v) is 2.68. The molecule has 0 bridgehead atoms. The largest absolute Gasteiger partial charge is 0.456 e. The van der Waals surface area contributed by atoms with Crippen molar-refractivity contribution in [3.8, 4) is 0 Å². The van der Waals surface area contributed by atoms with E-state index in [0.29, 0.717) is 0 Å². The minimum Gasteiger partial charge on any atom is -0.456 e. The van der Waals surface area contributed by atoms with Crippen molar-refractivity contribution in [1.82, 2.24) is 0 Å². The maximum absolute atomic E-state index is 5.90. The van der Waals surface area contributed by atoms with Crippen LogP contribution in [0.5, 0.6) is 0 Å². The van der Waals surface area contributed by atoms with Crippen molar-refractivity contribution in [2.24, 2.45) is 0 Å². The fraction of sp³-hybridized carbons (Fsp3) is 0.429. The number of hydrogen-bond donors (Lipinski definition) is 0. The van der Waals surface area contributed by atoms with Gasteiger partial charge in [0.05, 0.1) is 0 Å². The maximum Gasteiger partial charge on any atom is 0.135 e. The highest BCUT2D eigenvalue weighted by Gasteiger charge is 2.18. The standard InChI is InChI=1S/C17H18O.2C2H6/c1-11-9-16-13(10-14(11)17(2,3)4)12-7-5-6-8-15(12)18-16;2*1-2/h5-10H,1-4H3;2*1-2H3. The summed E-state index contributed by atoms with van der Waals surface area (Å²) in [5.41, 5.74) is 4.81. The summed E-state index contributed by atoms with van der Waals surface area (Å²) < 4.78 is 5.90. The predicted molar refractivity (Wildman–Crippen MR) is 99.9 cm³/mol. The smallest absolute Gasteiger partial charge is 0.135 e. The quantitative estimate of drug-likeness (QED) is 0.426. The molecule has 22 heavy (non-hydrogen) atoms. The second-order valence-corrected chi connectivity index (χ2v) is 6.01. The third-order valence-electron chi connectivity index (χ3n) is 3.53. The van der Waals surface area contributed by atoms with Gasteiger partial charge < -0.3 is 4.42 Å². The zero-order chi connectivity index (χ0) is 16.9. The van der Waals surface area contributed by atoms with E-state index >= 15 is 0 Å². The Balaban J connectivity index is 0.000000561. The third kappa shape index (κ3) is 3.52. The van der Waals surface area contributed by atoms with Crippen molar-refractivity contribution < 1.29 is 4.42 Å².